The molecule has 10 nitrogen and oxygen atoms in total. The van der Waals surface area contributed by atoms with E-state index in [1.165, 1.54) is 31.4 Å². The summed E-state index contributed by atoms with van der Waals surface area (Å²) in [5.74, 6) is -1.42. The van der Waals surface area contributed by atoms with Crippen molar-refractivity contribution in [2.45, 2.75) is 0 Å². The van der Waals surface area contributed by atoms with Crippen LogP contribution in [0.1, 0.15) is 10.4 Å². The van der Waals surface area contributed by atoms with Gasteiger partial charge in [-0.2, -0.15) is 4.98 Å². The zero-order valence-corrected chi connectivity index (χ0v) is 17.4. The van der Waals surface area contributed by atoms with Crippen LogP contribution >= 0.6 is 0 Å². The second-order valence-electron chi connectivity index (χ2n) is 6.56. The highest BCUT2D eigenvalue weighted by atomic mass is 32.2. The number of primary amides is 1. The average molecular weight is 445 g/mol. The fourth-order valence-electron chi connectivity index (χ4n) is 2.64. The minimum atomic E-state index is -3.55. The minimum Gasteiger partial charge on any atom is -0.399 e. The quantitative estimate of drug-likeness (QED) is 0.403. The van der Waals surface area contributed by atoms with Gasteiger partial charge in [-0.3, -0.25) is 9.10 Å². The highest BCUT2D eigenvalue weighted by Gasteiger charge is 2.19. The molecule has 0 aliphatic heterocycles. The van der Waals surface area contributed by atoms with E-state index in [1.807, 2.05) is 0 Å². The summed E-state index contributed by atoms with van der Waals surface area (Å²) in [7, 11) is -2.16. The van der Waals surface area contributed by atoms with Crippen LogP contribution in [0.5, 0.6) is 0 Å². The van der Waals surface area contributed by atoms with Gasteiger partial charge in [0.1, 0.15) is 17.2 Å². The molecule has 1 heterocycles. The number of hydrogen-bond donors (Lipinski definition) is 4. The highest BCUT2D eigenvalue weighted by molar-refractivity contribution is 7.92. The Kier molecular flexibility index (Phi) is 5.92. The first-order valence-electron chi connectivity index (χ1n) is 8.85. The lowest BCUT2D eigenvalue weighted by atomic mass is 10.2. The lowest BCUT2D eigenvalue weighted by molar-refractivity contribution is 0.100. The fourth-order valence-corrected chi connectivity index (χ4v) is 3.15. The summed E-state index contributed by atoms with van der Waals surface area (Å²) >= 11 is 0. The smallest absolute Gasteiger partial charge is 0.254 e. The van der Waals surface area contributed by atoms with Gasteiger partial charge in [0, 0.05) is 18.9 Å². The highest BCUT2D eigenvalue weighted by Crippen LogP contribution is 2.30. The van der Waals surface area contributed by atoms with Crippen molar-refractivity contribution < 1.29 is 17.6 Å². The lowest BCUT2D eigenvalue weighted by Crippen LogP contribution is -2.25. The summed E-state index contributed by atoms with van der Waals surface area (Å²) < 4.78 is 39.1. The van der Waals surface area contributed by atoms with Gasteiger partial charge >= 0.3 is 0 Å². The van der Waals surface area contributed by atoms with Gasteiger partial charge in [0.15, 0.2) is 0 Å². The van der Waals surface area contributed by atoms with E-state index in [-0.39, 0.29) is 23.0 Å². The zero-order chi connectivity index (χ0) is 22.8. The number of amides is 1. The number of nitrogens with one attached hydrogen (secondary N) is 2. The third kappa shape index (κ3) is 4.98. The van der Waals surface area contributed by atoms with Gasteiger partial charge in [-0.25, -0.2) is 17.8 Å². The monoisotopic (exact) mass is 445 g/mol. The number of anilines is 6. The SMILES string of the molecule is CN(c1ccccc1Nc1nc(Nc2cc(N)ccc2F)ncc1C(N)=O)S(C)(=O)=O. The van der Waals surface area contributed by atoms with E-state index in [0.717, 1.165) is 10.6 Å². The van der Waals surface area contributed by atoms with Gasteiger partial charge in [-0.1, -0.05) is 12.1 Å². The summed E-state index contributed by atoms with van der Waals surface area (Å²) in [5, 5.41) is 5.60. The number of sulfonamides is 1. The molecule has 0 aliphatic rings. The number of benzene rings is 2. The van der Waals surface area contributed by atoms with E-state index in [4.69, 9.17) is 11.5 Å². The molecule has 6 N–H and O–H groups in total. The Morgan fingerprint density at radius 3 is 2.52 bits per heavy atom. The molecule has 0 radical (unpaired) electrons. The van der Waals surface area contributed by atoms with Crippen LogP contribution in [0.3, 0.4) is 0 Å². The summed E-state index contributed by atoms with van der Waals surface area (Å²) in [4.78, 5) is 20.1. The van der Waals surface area contributed by atoms with Gasteiger partial charge < -0.3 is 22.1 Å². The largest absolute Gasteiger partial charge is 0.399 e. The molecular weight excluding hydrogens is 425 g/mol. The van der Waals surface area contributed by atoms with E-state index in [9.17, 15) is 17.6 Å². The Labute approximate surface area is 178 Å². The first-order valence-corrected chi connectivity index (χ1v) is 10.7. The van der Waals surface area contributed by atoms with Crippen LogP contribution in [0.25, 0.3) is 0 Å². The first-order chi connectivity index (χ1) is 14.6. The van der Waals surface area contributed by atoms with Gasteiger partial charge in [0.25, 0.3) is 5.91 Å². The molecule has 0 unspecified atom stereocenters. The van der Waals surface area contributed by atoms with Gasteiger partial charge in [-0.15, -0.1) is 0 Å². The second kappa shape index (κ2) is 8.44. The normalized spacial score (nSPS) is 11.1. The molecule has 2 aromatic carbocycles. The maximum absolute atomic E-state index is 14.0. The van der Waals surface area contributed by atoms with Crippen molar-refractivity contribution in [1.82, 2.24) is 9.97 Å². The van der Waals surface area contributed by atoms with Crippen LogP contribution in [0.15, 0.2) is 48.7 Å². The fraction of sp³-hybridized carbons (Fsp3) is 0.105. The summed E-state index contributed by atoms with van der Waals surface area (Å²) in [6, 6.07) is 10.5. The molecule has 162 valence electrons. The minimum absolute atomic E-state index is 0.00339. The Morgan fingerprint density at radius 1 is 1.13 bits per heavy atom. The molecular formula is C19H20FN7O3S. The number of carbonyl (C=O) groups is 1. The number of hydrogen-bond acceptors (Lipinski definition) is 8. The molecule has 0 fully saturated rings. The number of nitrogens with zero attached hydrogens (tertiary/aromatic N) is 3. The number of nitrogens with two attached hydrogens (primary N) is 2. The van der Waals surface area contributed by atoms with E-state index >= 15 is 0 Å². The molecule has 0 spiro atoms. The first kappa shape index (κ1) is 21.8. The number of para-hydroxylation sites is 2. The van der Waals surface area contributed by atoms with Crippen molar-refractivity contribution >= 4 is 50.4 Å². The van der Waals surface area contributed by atoms with Crippen molar-refractivity contribution in [2.24, 2.45) is 5.73 Å². The van der Waals surface area contributed by atoms with Crippen molar-refractivity contribution in [3.05, 3.63) is 60.0 Å². The van der Waals surface area contributed by atoms with Crippen LogP contribution < -0.4 is 26.4 Å². The zero-order valence-electron chi connectivity index (χ0n) is 16.6. The maximum atomic E-state index is 14.0. The van der Waals surface area contributed by atoms with E-state index < -0.39 is 21.7 Å². The van der Waals surface area contributed by atoms with Crippen LogP contribution in [-0.4, -0.2) is 37.6 Å². The maximum Gasteiger partial charge on any atom is 0.254 e. The lowest BCUT2D eigenvalue weighted by Gasteiger charge is -2.21. The Hall–Kier alpha value is -3.93. The van der Waals surface area contributed by atoms with Gasteiger partial charge in [0.05, 0.1) is 23.3 Å². The predicted molar refractivity (Wildman–Crippen MR) is 118 cm³/mol. The van der Waals surface area contributed by atoms with E-state index in [2.05, 4.69) is 20.6 Å². The number of halogens is 1. The summed E-state index contributed by atoms with van der Waals surface area (Å²) in [6.07, 6.45) is 2.23. The van der Waals surface area contributed by atoms with Crippen LogP contribution in [0, 0.1) is 5.82 Å². The summed E-state index contributed by atoms with van der Waals surface area (Å²) in [5.41, 5.74) is 12.1. The Bertz CT molecular complexity index is 1250. The molecule has 12 heteroatoms. The van der Waals surface area contributed by atoms with Crippen LogP contribution in [-0.2, 0) is 10.0 Å². The molecule has 3 rings (SSSR count). The number of nitrogen functional groups attached to an aromatic ring is 1. The van der Waals surface area contributed by atoms with Gasteiger partial charge in [0.2, 0.25) is 16.0 Å². The van der Waals surface area contributed by atoms with Crippen molar-refractivity contribution in [1.29, 1.82) is 0 Å². The third-order valence-corrected chi connectivity index (χ3v) is 5.48. The molecule has 0 bridgehead atoms. The van der Waals surface area contributed by atoms with Crippen molar-refractivity contribution in [2.75, 3.05) is 34.0 Å². The Morgan fingerprint density at radius 2 is 1.84 bits per heavy atom. The van der Waals surface area contributed by atoms with Crippen LogP contribution in [0.4, 0.5) is 38.9 Å². The molecule has 1 amide bonds. The standard InChI is InChI=1S/C19H20FN7O3S/c1-27(31(2,29)30)16-6-4-3-5-14(16)24-18-12(17(22)28)10-23-19(26-18)25-15-9-11(21)7-8-13(15)20/h3-10H,21H2,1-2H3,(H2,22,28)(H2,23,24,25,26). The molecule has 0 aliphatic carbocycles. The average Bonchev–Trinajstić information content (AvgIpc) is 2.70. The van der Waals surface area contributed by atoms with Gasteiger partial charge in [-0.05, 0) is 30.3 Å². The number of carbonyl (C=O) groups excluding carboxylic acids is 1. The molecule has 3 aromatic rings. The summed E-state index contributed by atoms with van der Waals surface area (Å²) in [6.45, 7) is 0. The molecule has 0 saturated heterocycles. The van der Waals surface area contributed by atoms with E-state index in [1.54, 1.807) is 24.3 Å². The molecule has 31 heavy (non-hydrogen) atoms. The molecule has 0 atom stereocenters. The third-order valence-electron chi connectivity index (χ3n) is 4.28. The van der Waals surface area contributed by atoms with Crippen molar-refractivity contribution in [3.8, 4) is 0 Å². The number of aromatic nitrogens is 2. The van der Waals surface area contributed by atoms with E-state index in [0.29, 0.717) is 17.1 Å². The molecule has 1 aromatic heterocycles. The van der Waals surface area contributed by atoms with Crippen molar-refractivity contribution in [3.63, 3.8) is 0 Å². The second-order valence-corrected chi connectivity index (χ2v) is 8.57. The topological polar surface area (TPSA) is 156 Å². The predicted octanol–water partition coefficient (Wildman–Crippen LogP) is 2.18. The molecule has 0 saturated carbocycles. The van der Waals surface area contributed by atoms with Crippen LogP contribution in [0.2, 0.25) is 0 Å². The Balaban J connectivity index is 2.02. The number of rotatable bonds is 7.